The topological polar surface area (TPSA) is 46.2 Å². The monoisotopic (exact) mass is 273 g/mol. The number of benzene rings is 2. The Bertz CT molecular complexity index is 561. The number of aliphatic hydroxyl groups is 1. The second kappa shape index (κ2) is 6.16. The van der Waals surface area contributed by atoms with Gasteiger partial charge >= 0.3 is 0 Å². The van der Waals surface area contributed by atoms with Gasteiger partial charge in [-0.05, 0) is 42.2 Å². The van der Waals surface area contributed by atoms with Gasteiger partial charge in [-0.25, -0.2) is 4.39 Å². The first-order valence-corrected chi connectivity index (χ1v) is 6.73. The zero-order valence-electron chi connectivity index (χ0n) is 11.6. The molecule has 0 saturated carbocycles. The van der Waals surface area contributed by atoms with E-state index in [1.54, 1.807) is 12.1 Å². The summed E-state index contributed by atoms with van der Waals surface area (Å²) in [6.45, 7) is 2.32. The maximum atomic E-state index is 13.0. The van der Waals surface area contributed by atoms with Crippen molar-refractivity contribution in [1.82, 2.24) is 0 Å². The second-order valence-electron chi connectivity index (χ2n) is 5.26. The highest BCUT2D eigenvalue weighted by molar-refractivity contribution is 5.36. The predicted octanol–water partition coefficient (Wildman–Crippen LogP) is 2.57. The Morgan fingerprint density at radius 3 is 2.30 bits per heavy atom. The molecule has 0 aliphatic rings. The Balaban J connectivity index is 2.39. The fraction of sp³-hybridized carbons (Fsp3) is 0.294. The lowest BCUT2D eigenvalue weighted by molar-refractivity contribution is 0.195. The zero-order chi connectivity index (χ0) is 14.6. The predicted molar refractivity (Wildman–Crippen MR) is 79.1 cm³/mol. The number of rotatable bonds is 5. The number of aryl methyl sites for hydroxylation is 1. The van der Waals surface area contributed by atoms with Gasteiger partial charge in [-0.15, -0.1) is 0 Å². The van der Waals surface area contributed by atoms with E-state index in [4.69, 9.17) is 5.73 Å². The Morgan fingerprint density at radius 2 is 1.75 bits per heavy atom. The molecule has 3 N–H and O–H groups in total. The molecule has 2 aromatic carbocycles. The molecule has 1 atom stereocenters. The molecule has 20 heavy (non-hydrogen) atoms. The number of halogens is 1. The molecule has 2 rings (SSSR count). The van der Waals surface area contributed by atoms with E-state index < -0.39 is 5.41 Å². The minimum absolute atomic E-state index is 0.0360. The minimum atomic E-state index is -0.525. The van der Waals surface area contributed by atoms with Crippen LogP contribution in [0.2, 0.25) is 0 Å². The number of hydrogen-bond acceptors (Lipinski definition) is 2. The first-order valence-electron chi connectivity index (χ1n) is 6.73. The van der Waals surface area contributed by atoms with E-state index in [-0.39, 0.29) is 12.4 Å². The highest BCUT2D eigenvalue weighted by Crippen LogP contribution is 2.30. The fourth-order valence-corrected chi connectivity index (χ4v) is 2.64. The van der Waals surface area contributed by atoms with Crippen LogP contribution in [0.1, 0.15) is 16.7 Å². The SMILES string of the molecule is Cc1ccccc1C(CN)(CO)Cc1ccc(F)cc1. The van der Waals surface area contributed by atoms with Crippen LogP contribution in [0.3, 0.4) is 0 Å². The van der Waals surface area contributed by atoms with Gasteiger partial charge in [-0.2, -0.15) is 0 Å². The van der Waals surface area contributed by atoms with Crippen LogP contribution in [-0.4, -0.2) is 18.3 Å². The average Bonchev–Trinajstić information content (AvgIpc) is 2.48. The van der Waals surface area contributed by atoms with E-state index in [1.807, 2.05) is 31.2 Å². The van der Waals surface area contributed by atoms with Crippen molar-refractivity contribution in [2.45, 2.75) is 18.8 Å². The maximum Gasteiger partial charge on any atom is 0.123 e. The first-order chi connectivity index (χ1) is 9.61. The van der Waals surface area contributed by atoms with Crippen molar-refractivity contribution in [2.24, 2.45) is 5.73 Å². The van der Waals surface area contributed by atoms with Crippen molar-refractivity contribution in [2.75, 3.05) is 13.2 Å². The summed E-state index contributed by atoms with van der Waals surface area (Å²) in [5, 5.41) is 9.92. The number of aliphatic hydroxyl groups excluding tert-OH is 1. The van der Waals surface area contributed by atoms with Crippen LogP contribution in [0, 0.1) is 12.7 Å². The molecule has 0 spiro atoms. The smallest absolute Gasteiger partial charge is 0.123 e. The van der Waals surface area contributed by atoms with Crippen LogP contribution in [0.4, 0.5) is 4.39 Å². The molecule has 0 aliphatic heterocycles. The van der Waals surface area contributed by atoms with Crippen LogP contribution >= 0.6 is 0 Å². The lowest BCUT2D eigenvalue weighted by atomic mass is 9.74. The summed E-state index contributed by atoms with van der Waals surface area (Å²) in [6, 6.07) is 14.3. The third kappa shape index (κ3) is 2.89. The second-order valence-corrected chi connectivity index (χ2v) is 5.26. The van der Waals surface area contributed by atoms with Gasteiger partial charge in [0.15, 0.2) is 0 Å². The molecule has 2 aromatic rings. The average molecular weight is 273 g/mol. The summed E-state index contributed by atoms with van der Waals surface area (Å²) in [5.41, 5.74) is 8.56. The molecule has 3 heteroatoms. The third-order valence-corrected chi connectivity index (χ3v) is 3.87. The van der Waals surface area contributed by atoms with Crippen molar-refractivity contribution in [3.63, 3.8) is 0 Å². The van der Waals surface area contributed by atoms with Crippen LogP contribution in [-0.2, 0) is 11.8 Å². The van der Waals surface area contributed by atoms with Gasteiger partial charge in [0.25, 0.3) is 0 Å². The highest BCUT2D eigenvalue weighted by atomic mass is 19.1. The van der Waals surface area contributed by atoms with Crippen molar-refractivity contribution in [3.05, 3.63) is 71.0 Å². The molecule has 0 fully saturated rings. The quantitative estimate of drug-likeness (QED) is 0.879. The largest absolute Gasteiger partial charge is 0.395 e. The van der Waals surface area contributed by atoms with Crippen molar-refractivity contribution < 1.29 is 9.50 Å². The summed E-state index contributed by atoms with van der Waals surface area (Å²) >= 11 is 0. The number of hydrogen-bond donors (Lipinski definition) is 2. The Morgan fingerprint density at radius 1 is 1.10 bits per heavy atom. The van der Waals surface area contributed by atoms with Gasteiger partial charge in [0, 0.05) is 12.0 Å². The van der Waals surface area contributed by atoms with Gasteiger partial charge < -0.3 is 10.8 Å². The normalized spacial score (nSPS) is 14.0. The lowest BCUT2D eigenvalue weighted by Crippen LogP contribution is -2.41. The van der Waals surface area contributed by atoms with Gasteiger partial charge in [0.05, 0.1) is 6.61 Å². The van der Waals surface area contributed by atoms with Gasteiger partial charge in [-0.1, -0.05) is 36.4 Å². The summed E-state index contributed by atoms with van der Waals surface area (Å²) in [4.78, 5) is 0. The summed E-state index contributed by atoms with van der Waals surface area (Å²) in [6.07, 6.45) is 0.588. The molecule has 0 heterocycles. The molecule has 0 amide bonds. The van der Waals surface area contributed by atoms with Crippen molar-refractivity contribution in [1.29, 1.82) is 0 Å². The molecule has 0 saturated heterocycles. The van der Waals surface area contributed by atoms with Gasteiger partial charge in [0.2, 0.25) is 0 Å². The minimum Gasteiger partial charge on any atom is -0.395 e. The van der Waals surface area contributed by atoms with Crippen molar-refractivity contribution in [3.8, 4) is 0 Å². The van der Waals surface area contributed by atoms with Crippen LogP contribution in [0.5, 0.6) is 0 Å². The van der Waals surface area contributed by atoms with Gasteiger partial charge in [-0.3, -0.25) is 0 Å². The maximum absolute atomic E-state index is 13.0. The summed E-state index contributed by atoms with van der Waals surface area (Å²) in [7, 11) is 0. The van der Waals surface area contributed by atoms with E-state index in [0.717, 1.165) is 16.7 Å². The summed E-state index contributed by atoms with van der Waals surface area (Å²) < 4.78 is 13.0. The van der Waals surface area contributed by atoms with Crippen LogP contribution in [0.25, 0.3) is 0 Å². The molecule has 0 radical (unpaired) electrons. The van der Waals surface area contributed by atoms with Crippen molar-refractivity contribution >= 4 is 0 Å². The van der Waals surface area contributed by atoms with E-state index >= 15 is 0 Å². The fourth-order valence-electron chi connectivity index (χ4n) is 2.64. The van der Waals surface area contributed by atoms with E-state index in [9.17, 15) is 9.50 Å². The van der Waals surface area contributed by atoms with E-state index in [2.05, 4.69) is 0 Å². The molecule has 1 unspecified atom stereocenters. The van der Waals surface area contributed by atoms with Gasteiger partial charge in [0.1, 0.15) is 5.82 Å². The highest BCUT2D eigenvalue weighted by Gasteiger charge is 2.31. The van der Waals surface area contributed by atoms with E-state index in [1.165, 1.54) is 12.1 Å². The number of nitrogens with two attached hydrogens (primary N) is 1. The third-order valence-electron chi connectivity index (χ3n) is 3.87. The molecule has 0 aliphatic carbocycles. The van der Waals surface area contributed by atoms with Crippen LogP contribution < -0.4 is 5.73 Å². The molecule has 0 bridgehead atoms. The van der Waals surface area contributed by atoms with E-state index in [0.29, 0.717) is 13.0 Å². The molecule has 2 nitrogen and oxygen atoms in total. The Hall–Kier alpha value is -1.71. The first kappa shape index (κ1) is 14.7. The van der Waals surface area contributed by atoms with Crippen LogP contribution in [0.15, 0.2) is 48.5 Å². The molecule has 0 aromatic heterocycles. The molecular formula is C17H20FNO. The zero-order valence-corrected chi connectivity index (χ0v) is 11.6. The summed E-state index contributed by atoms with van der Waals surface area (Å²) in [5.74, 6) is -0.257. The Labute approximate surface area is 119 Å². The molecular weight excluding hydrogens is 253 g/mol. The standard InChI is InChI=1S/C17H20FNO/c1-13-4-2-3-5-16(13)17(11-19,12-20)10-14-6-8-15(18)9-7-14/h2-9,20H,10-12,19H2,1H3. The Kier molecular flexibility index (Phi) is 4.53. The molecule has 106 valence electrons. The lowest BCUT2D eigenvalue weighted by Gasteiger charge is -2.32.